The van der Waals surface area contributed by atoms with Gasteiger partial charge in [0.05, 0.1) is 6.42 Å². The van der Waals surface area contributed by atoms with Crippen LogP contribution in [0.4, 0.5) is 26.3 Å². The van der Waals surface area contributed by atoms with Gasteiger partial charge < -0.3 is 10.8 Å². The Morgan fingerprint density at radius 2 is 1.82 bits per heavy atom. The molecule has 5 nitrogen and oxygen atoms in total. The predicted octanol–water partition coefficient (Wildman–Crippen LogP) is 0.755. The molecule has 17 heavy (non-hydrogen) atoms. The van der Waals surface area contributed by atoms with Gasteiger partial charge in [-0.1, -0.05) is 0 Å². The lowest BCUT2D eigenvalue weighted by Gasteiger charge is -2.32. The van der Waals surface area contributed by atoms with E-state index in [1.54, 1.807) is 0 Å². The van der Waals surface area contributed by atoms with Crippen molar-refractivity contribution in [3.63, 3.8) is 0 Å². The Kier molecular flexibility index (Phi) is 2.78. The fraction of sp³-hybridized carbons (Fsp3) is 0.667. The molecule has 1 aliphatic rings. The summed E-state index contributed by atoms with van der Waals surface area (Å²) in [5, 5.41) is 17.7. The van der Waals surface area contributed by atoms with Crippen LogP contribution in [0, 0.1) is 5.41 Å². The molecule has 0 aromatic carbocycles. The number of nitrogens with one attached hydrogen (secondary N) is 1. The number of rotatable bonds is 0. The highest BCUT2D eigenvalue weighted by molar-refractivity contribution is 5.94. The standard InChI is InChI=1S/C6H6F6N4O/c7-5(8,9)2-1-4(17,6(10,11)12)16(15-2)3(13)14/h17H,1H2,(H3,13,14). The van der Waals surface area contributed by atoms with Crippen LogP contribution in [0.2, 0.25) is 0 Å². The molecule has 1 aliphatic heterocycles. The molecule has 0 bridgehead atoms. The van der Waals surface area contributed by atoms with Gasteiger partial charge in [0.25, 0.3) is 5.72 Å². The summed E-state index contributed by atoms with van der Waals surface area (Å²) in [6.45, 7) is 0. The Morgan fingerprint density at radius 3 is 2.06 bits per heavy atom. The molecule has 0 aromatic heterocycles. The van der Waals surface area contributed by atoms with Crippen LogP contribution in [0.5, 0.6) is 0 Å². The Labute approximate surface area is 90.0 Å². The first-order valence-corrected chi connectivity index (χ1v) is 3.97. The average molecular weight is 264 g/mol. The molecule has 1 unspecified atom stereocenters. The van der Waals surface area contributed by atoms with Gasteiger partial charge >= 0.3 is 12.4 Å². The summed E-state index contributed by atoms with van der Waals surface area (Å²) >= 11 is 0. The molecular formula is C6H6F6N4O. The Hall–Kier alpha value is -1.52. The first-order valence-electron chi connectivity index (χ1n) is 3.97. The summed E-state index contributed by atoms with van der Waals surface area (Å²) in [5.41, 5.74) is -1.14. The van der Waals surface area contributed by atoms with Crippen molar-refractivity contribution < 1.29 is 31.4 Å². The monoisotopic (exact) mass is 264 g/mol. The second kappa shape index (κ2) is 3.48. The van der Waals surface area contributed by atoms with Gasteiger partial charge in [0.1, 0.15) is 5.71 Å². The molecule has 1 atom stereocenters. The number of halogens is 6. The van der Waals surface area contributed by atoms with Crippen LogP contribution < -0.4 is 5.73 Å². The fourth-order valence-electron chi connectivity index (χ4n) is 1.18. The fourth-order valence-corrected chi connectivity index (χ4v) is 1.18. The summed E-state index contributed by atoms with van der Waals surface area (Å²) in [4.78, 5) is 0. The van der Waals surface area contributed by atoms with E-state index in [9.17, 15) is 26.3 Å². The Morgan fingerprint density at radius 1 is 1.35 bits per heavy atom. The van der Waals surface area contributed by atoms with Crippen LogP contribution >= 0.6 is 0 Å². The summed E-state index contributed by atoms with van der Waals surface area (Å²) in [5.74, 6) is -1.44. The molecule has 0 radical (unpaired) electrons. The molecular weight excluding hydrogens is 258 g/mol. The minimum absolute atomic E-state index is 0.601. The van der Waals surface area contributed by atoms with E-state index in [0.29, 0.717) is 0 Å². The van der Waals surface area contributed by atoms with Gasteiger partial charge in [0, 0.05) is 0 Å². The third kappa shape index (κ3) is 2.14. The number of hydrogen-bond acceptors (Lipinski definition) is 3. The molecule has 0 spiro atoms. The maximum atomic E-state index is 12.4. The van der Waals surface area contributed by atoms with Crippen LogP contribution in [0.1, 0.15) is 6.42 Å². The van der Waals surface area contributed by atoms with Crippen LogP contribution in [-0.2, 0) is 0 Å². The summed E-state index contributed by atoms with van der Waals surface area (Å²) in [6, 6.07) is 0. The van der Waals surface area contributed by atoms with E-state index < -0.39 is 41.2 Å². The molecule has 98 valence electrons. The van der Waals surface area contributed by atoms with E-state index in [1.165, 1.54) is 0 Å². The van der Waals surface area contributed by atoms with Gasteiger partial charge in [0.15, 0.2) is 0 Å². The maximum absolute atomic E-state index is 12.4. The summed E-state index contributed by atoms with van der Waals surface area (Å²) in [6.07, 6.45) is -12.4. The number of hydrazone groups is 1. The van der Waals surface area contributed by atoms with E-state index in [2.05, 4.69) is 10.8 Å². The molecule has 0 fully saturated rings. The van der Waals surface area contributed by atoms with Crippen molar-refractivity contribution in [3.8, 4) is 0 Å². The van der Waals surface area contributed by atoms with E-state index in [-0.39, 0.29) is 0 Å². The van der Waals surface area contributed by atoms with Crippen LogP contribution in [-0.4, -0.2) is 39.9 Å². The lowest BCUT2D eigenvalue weighted by atomic mass is 10.1. The number of nitrogens with two attached hydrogens (primary N) is 1. The van der Waals surface area contributed by atoms with Gasteiger partial charge in [-0.05, 0) is 0 Å². The SMILES string of the molecule is N=C(N)N1N=C(C(F)(F)F)CC1(O)C(F)(F)F. The van der Waals surface area contributed by atoms with E-state index >= 15 is 0 Å². The van der Waals surface area contributed by atoms with Crippen molar-refractivity contribution in [3.05, 3.63) is 0 Å². The number of guanidine groups is 1. The lowest BCUT2D eigenvalue weighted by Crippen LogP contribution is -2.58. The third-order valence-electron chi connectivity index (χ3n) is 1.99. The van der Waals surface area contributed by atoms with E-state index in [0.717, 1.165) is 0 Å². The molecule has 0 aliphatic carbocycles. The zero-order valence-corrected chi connectivity index (χ0v) is 7.89. The van der Waals surface area contributed by atoms with Crippen LogP contribution in [0.25, 0.3) is 0 Å². The van der Waals surface area contributed by atoms with E-state index in [1.807, 2.05) is 0 Å². The topological polar surface area (TPSA) is 85.7 Å². The molecule has 1 heterocycles. The van der Waals surface area contributed by atoms with Crippen molar-refractivity contribution in [2.45, 2.75) is 24.5 Å². The highest BCUT2D eigenvalue weighted by Gasteiger charge is 2.65. The van der Waals surface area contributed by atoms with E-state index in [4.69, 9.17) is 10.5 Å². The quantitative estimate of drug-likeness (QED) is 0.343. The molecule has 0 saturated heterocycles. The Balaban J connectivity index is 3.20. The lowest BCUT2D eigenvalue weighted by molar-refractivity contribution is -0.295. The van der Waals surface area contributed by atoms with Crippen molar-refractivity contribution in [1.29, 1.82) is 5.41 Å². The molecule has 0 aromatic rings. The van der Waals surface area contributed by atoms with Gasteiger partial charge in [-0.3, -0.25) is 5.41 Å². The maximum Gasteiger partial charge on any atom is 0.438 e. The highest BCUT2D eigenvalue weighted by Crippen LogP contribution is 2.42. The zero-order chi connectivity index (χ0) is 13.6. The van der Waals surface area contributed by atoms with Gasteiger partial charge in [0.2, 0.25) is 5.96 Å². The van der Waals surface area contributed by atoms with Gasteiger partial charge in [-0.25, -0.2) is 0 Å². The molecule has 0 saturated carbocycles. The first-order chi connectivity index (χ1) is 7.39. The molecule has 1 rings (SSSR count). The second-order valence-electron chi connectivity index (χ2n) is 3.23. The number of aliphatic hydroxyl groups is 1. The molecule has 0 amide bonds. The number of hydrogen-bond donors (Lipinski definition) is 3. The third-order valence-corrected chi connectivity index (χ3v) is 1.99. The van der Waals surface area contributed by atoms with Gasteiger partial charge in [-0.15, -0.1) is 0 Å². The average Bonchev–Trinajstić information content (AvgIpc) is 2.42. The zero-order valence-electron chi connectivity index (χ0n) is 7.89. The largest absolute Gasteiger partial charge is 0.438 e. The van der Waals surface area contributed by atoms with Crippen molar-refractivity contribution in [1.82, 2.24) is 5.01 Å². The number of alkyl halides is 6. The molecule has 4 N–H and O–H groups in total. The number of nitrogens with zero attached hydrogens (tertiary/aromatic N) is 2. The minimum atomic E-state index is -5.44. The summed E-state index contributed by atoms with van der Waals surface area (Å²) < 4.78 is 73.8. The predicted molar refractivity (Wildman–Crippen MR) is 42.9 cm³/mol. The summed E-state index contributed by atoms with van der Waals surface area (Å²) in [7, 11) is 0. The molecule has 11 heteroatoms. The smallest absolute Gasteiger partial charge is 0.368 e. The normalized spacial score (nSPS) is 26.1. The second-order valence-corrected chi connectivity index (χ2v) is 3.23. The van der Waals surface area contributed by atoms with Gasteiger partial charge in [-0.2, -0.15) is 36.5 Å². The highest BCUT2D eigenvalue weighted by atomic mass is 19.4. The van der Waals surface area contributed by atoms with Crippen LogP contribution in [0.3, 0.4) is 0 Å². The van der Waals surface area contributed by atoms with Crippen LogP contribution in [0.15, 0.2) is 5.10 Å². The van der Waals surface area contributed by atoms with Crippen molar-refractivity contribution in [2.75, 3.05) is 0 Å². The van der Waals surface area contributed by atoms with Crippen molar-refractivity contribution >= 4 is 11.7 Å². The minimum Gasteiger partial charge on any atom is -0.368 e. The first kappa shape index (κ1) is 13.5. The van der Waals surface area contributed by atoms with Crippen molar-refractivity contribution in [2.24, 2.45) is 10.8 Å². The Bertz CT molecular complexity index is 374.